The first-order chi connectivity index (χ1) is 10.2. The van der Waals surface area contributed by atoms with Gasteiger partial charge < -0.3 is 4.74 Å². The largest absolute Gasteiger partial charge is 0.464 e. The van der Waals surface area contributed by atoms with Gasteiger partial charge in [-0.25, -0.2) is 5.01 Å². The Hall–Kier alpha value is -2.17. The summed E-state index contributed by atoms with van der Waals surface area (Å²) in [5.74, 6) is -0.503. The molecule has 0 radical (unpaired) electrons. The molecule has 0 aromatic heterocycles. The molecule has 0 saturated heterocycles. The van der Waals surface area contributed by atoms with E-state index in [1.54, 1.807) is 34.7 Å². The maximum absolute atomic E-state index is 12.5. The summed E-state index contributed by atoms with van der Waals surface area (Å²) in [6.07, 6.45) is 0. The van der Waals surface area contributed by atoms with Crippen molar-refractivity contribution in [2.24, 2.45) is 15.9 Å². The van der Waals surface area contributed by atoms with Gasteiger partial charge in [0, 0.05) is 7.05 Å². The minimum Gasteiger partial charge on any atom is -0.464 e. The van der Waals surface area contributed by atoms with Crippen molar-refractivity contribution in [2.45, 2.75) is 27.7 Å². The zero-order valence-corrected chi connectivity index (χ0v) is 13.7. The van der Waals surface area contributed by atoms with E-state index in [2.05, 4.69) is 5.10 Å². The van der Waals surface area contributed by atoms with Crippen LogP contribution >= 0.6 is 0 Å². The third-order valence-corrected chi connectivity index (χ3v) is 3.69. The van der Waals surface area contributed by atoms with Crippen LogP contribution in [0.5, 0.6) is 0 Å². The van der Waals surface area contributed by atoms with Gasteiger partial charge in [0.1, 0.15) is 12.0 Å². The Balaban J connectivity index is 2.28. The second kappa shape index (κ2) is 5.55. The number of hydrogen-bond donors (Lipinski definition) is 0. The van der Waals surface area contributed by atoms with Crippen LogP contribution in [0.3, 0.4) is 0 Å². The number of hydrogen-bond acceptors (Lipinski definition) is 4. The van der Waals surface area contributed by atoms with E-state index in [1.807, 2.05) is 30.3 Å². The predicted octanol–water partition coefficient (Wildman–Crippen LogP) is 2.46. The second-order valence-electron chi connectivity index (χ2n) is 6.80. The van der Waals surface area contributed by atoms with Crippen molar-refractivity contribution in [3.63, 3.8) is 0 Å². The highest BCUT2D eigenvalue weighted by atomic mass is 16.5. The van der Waals surface area contributed by atoms with E-state index in [1.165, 1.54) is 5.01 Å². The summed E-state index contributed by atoms with van der Waals surface area (Å²) in [5.41, 5.74) is -0.0813. The average Bonchev–Trinajstić information content (AvgIpc) is 2.69. The summed E-state index contributed by atoms with van der Waals surface area (Å²) in [5, 5.41) is 5.65. The van der Waals surface area contributed by atoms with E-state index in [0.29, 0.717) is 5.71 Å². The Labute approximate surface area is 131 Å². The zero-order valence-electron chi connectivity index (χ0n) is 13.7. The zero-order chi connectivity index (χ0) is 16.5. The van der Waals surface area contributed by atoms with Gasteiger partial charge in [-0.2, -0.15) is 5.10 Å². The predicted molar refractivity (Wildman–Crippen MR) is 84.3 cm³/mol. The van der Waals surface area contributed by atoms with Crippen molar-refractivity contribution in [2.75, 3.05) is 13.7 Å². The lowest BCUT2D eigenvalue weighted by Gasteiger charge is -2.26. The van der Waals surface area contributed by atoms with Gasteiger partial charge in [-0.1, -0.05) is 30.3 Å². The third-order valence-electron chi connectivity index (χ3n) is 3.69. The van der Waals surface area contributed by atoms with Crippen LogP contribution in [0.2, 0.25) is 0 Å². The molecule has 1 atom stereocenters. The molecule has 0 bridgehead atoms. The highest BCUT2D eigenvalue weighted by molar-refractivity contribution is 6.19. The molecule has 0 N–H and O–H groups in total. The van der Waals surface area contributed by atoms with E-state index >= 15 is 0 Å². The van der Waals surface area contributed by atoms with Gasteiger partial charge >= 0.3 is 5.97 Å². The van der Waals surface area contributed by atoms with Gasteiger partial charge in [0.25, 0.3) is 5.91 Å². The van der Waals surface area contributed by atoms with Gasteiger partial charge in [0.2, 0.25) is 0 Å². The van der Waals surface area contributed by atoms with Gasteiger partial charge in [-0.15, -0.1) is 0 Å². The van der Waals surface area contributed by atoms with Crippen molar-refractivity contribution in [1.82, 2.24) is 5.01 Å². The molecule has 5 nitrogen and oxygen atoms in total. The van der Waals surface area contributed by atoms with Crippen LogP contribution in [-0.4, -0.2) is 36.3 Å². The minimum atomic E-state index is -0.961. The number of hydrazone groups is 1. The molecule has 5 heteroatoms. The Morgan fingerprint density at radius 1 is 1.27 bits per heavy atom. The molecule has 0 saturated carbocycles. The first-order valence-corrected chi connectivity index (χ1v) is 7.26. The van der Waals surface area contributed by atoms with E-state index in [4.69, 9.17) is 4.74 Å². The number of ether oxygens (including phenoxy) is 1. The Morgan fingerprint density at radius 2 is 1.86 bits per heavy atom. The molecule has 1 amide bonds. The van der Waals surface area contributed by atoms with Crippen LogP contribution in [-0.2, 0) is 14.3 Å². The summed E-state index contributed by atoms with van der Waals surface area (Å²) in [6, 6.07) is 9.48. The lowest BCUT2D eigenvalue weighted by molar-refractivity contribution is -0.157. The Bertz CT molecular complexity index is 617. The van der Waals surface area contributed by atoms with Crippen LogP contribution in [0.4, 0.5) is 0 Å². The second-order valence-corrected chi connectivity index (χ2v) is 6.80. The molecule has 1 aliphatic rings. The fraction of sp³-hybridized carbons (Fsp3) is 0.471. The number of carbonyl (C=O) groups is 2. The van der Waals surface area contributed by atoms with Gasteiger partial charge in [0.05, 0.1) is 11.1 Å². The average molecular weight is 302 g/mol. The number of carbonyl (C=O) groups excluding carboxylic acids is 2. The molecular formula is C17H22N2O3. The van der Waals surface area contributed by atoms with Crippen LogP contribution in [0, 0.1) is 10.8 Å². The van der Waals surface area contributed by atoms with Crippen LogP contribution in [0.25, 0.3) is 0 Å². The summed E-state index contributed by atoms with van der Waals surface area (Å²) >= 11 is 0. The van der Waals surface area contributed by atoms with Crippen LogP contribution in [0.15, 0.2) is 35.4 Å². The molecule has 1 unspecified atom stereocenters. The topological polar surface area (TPSA) is 59.0 Å². The van der Waals surface area contributed by atoms with E-state index < -0.39 is 10.8 Å². The number of rotatable bonds is 3. The molecule has 0 fully saturated rings. The smallest absolute Gasteiger partial charge is 0.311 e. The van der Waals surface area contributed by atoms with Crippen molar-refractivity contribution >= 4 is 17.6 Å². The van der Waals surface area contributed by atoms with Gasteiger partial charge in [-0.05, 0) is 33.3 Å². The van der Waals surface area contributed by atoms with Crippen LogP contribution < -0.4 is 0 Å². The molecule has 22 heavy (non-hydrogen) atoms. The molecule has 0 spiro atoms. The lowest BCUT2D eigenvalue weighted by Crippen LogP contribution is -2.42. The molecular weight excluding hydrogens is 280 g/mol. The highest BCUT2D eigenvalue weighted by Crippen LogP contribution is 2.33. The maximum Gasteiger partial charge on any atom is 0.311 e. The standard InChI is InChI=1S/C17H22N2O3/c1-16(2,3)15(21)22-11-17(4)13(18-19(5)14(17)20)12-9-7-6-8-10-12/h6-10H,11H2,1-5H3. The van der Waals surface area contributed by atoms with Crippen molar-refractivity contribution in [1.29, 1.82) is 0 Å². The normalized spacial score (nSPS) is 21.8. The Kier molecular flexibility index (Phi) is 4.09. The van der Waals surface area contributed by atoms with E-state index in [9.17, 15) is 9.59 Å². The summed E-state index contributed by atoms with van der Waals surface area (Å²) in [4.78, 5) is 24.5. The number of amides is 1. The fourth-order valence-electron chi connectivity index (χ4n) is 2.29. The van der Waals surface area contributed by atoms with Crippen molar-refractivity contribution in [3.8, 4) is 0 Å². The molecule has 1 aliphatic heterocycles. The molecule has 1 heterocycles. The van der Waals surface area contributed by atoms with Crippen molar-refractivity contribution in [3.05, 3.63) is 35.9 Å². The molecule has 1 aromatic rings. The highest BCUT2D eigenvalue weighted by Gasteiger charge is 2.48. The minimum absolute atomic E-state index is 0.0139. The van der Waals surface area contributed by atoms with E-state index in [0.717, 1.165) is 5.56 Å². The molecule has 0 aliphatic carbocycles. The number of benzene rings is 1. The fourth-order valence-corrected chi connectivity index (χ4v) is 2.29. The molecule has 1 aromatic carbocycles. The van der Waals surface area contributed by atoms with E-state index in [-0.39, 0.29) is 18.5 Å². The summed E-state index contributed by atoms with van der Waals surface area (Å²) in [7, 11) is 1.61. The lowest BCUT2D eigenvalue weighted by atomic mass is 9.82. The van der Waals surface area contributed by atoms with Crippen LogP contribution in [0.1, 0.15) is 33.3 Å². The first-order valence-electron chi connectivity index (χ1n) is 7.26. The molecule has 2 rings (SSSR count). The van der Waals surface area contributed by atoms with Gasteiger partial charge in [-0.3, -0.25) is 9.59 Å². The quantitative estimate of drug-likeness (QED) is 0.806. The van der Waals surface area contributed by atoms with Gasteiger partial charge in [0.15, 0.2) is 0 Å². The molecule has 118 valence electrons. The first kappa shape index (κ1) is 16.2. The monoisotopic (exact) mass is 302 g/mol. The summed E-state index contributed by atoms with van der Waals surface area (Å²) < 4.78 is 5.40. The number of nitrogens with zero attached hydrogens (tertiary/aromatic N) is 2. The third kappa shape index (κ3) is 2.89. The maximum atomic E-state index is 12.5. The van der Waals surface area contributed by atoms with Crippen molar-refractivity contribution < 1.29 is 14.3 Å². The SMILES string of the molecule is CN1N=C(c2ccccc2)C(C)(COC(=O)C(C)(C)C)C1=O. The number of esters is 1. The Morgan fingerprint density at radius 3 is 2.41 bits per heavy atom. The summed E-state index contributed by atoms with van der Waals surface area (Å²) in [6.45, 7) is 7.10.